The monoisotopic (exact) mass is 309 g/mol. The third-order valence-electron chi connectivity index (χ3n) is 3.96. The summed E-state index contributed by atoms with van der Waals surface area (Å²) in [6.45, 7) is 8.76. The van der Waals surface area contributed by atoms with E-state index >= 15 is 0 Å². The number of halogens is 1. The fourth-order valence-electron chi connectivity index (χ4n) is 2.61. The molecule has 116 valence electrons. The van der Waals surface area contributed by atoms with Crippen molar-refractivity contribution < 1.29 is 4.79 Å². The predicted molar refractivity (Wildman–Crippen MR) is 86.8 cm³/mol. The number of hydrogen-bond donors (Lipinski definition) is 1. The van der Waals surface area contributed by atoms with Gasteiger partial charge in [-0.25, -0.2) is 4.79 Å². The molecule has 0 radical (unpaired) electrons. The van der Waals surface area contributed by atoms with E-state index < -0.39 is 0 Å². The quantitative estimate of drug-likeness (QED) is 0.928. The van der Waals surface area contributed by atoms with Gasteiger partial charge in [-0.05, 0) is 31.5 Å². The van der Waals surface area contributed by atoms with E-state index in [0.29, 0.717) is 0 Å². The van der Waals surface area contributed by atoms with Crippen LogP contribution in [0.4, 0.5) is 4.79 Å². The lowest BCUT2D eigenvalue weighted by Crippen LogP contribution is -2.53. The highest BCUT2D eigenvalue weighted by Crippen LogP contribution is 2.16. The average Bonchev–Trinajstić information content (AvgIpc) is 2.49. The molecule has 2 amide bonds. The minimum absolute atomic E-state index is 0.0327. The highest BCUT2D eigenvalue weighted by Gasteiger charge is 2.21. The Labute approximate surface area is 132 Å². The van der Waals surface area contributed by atoms with Gasteiger partial charge in [0.15, 0.2) is 0 Å². The number of carbonyl (C=O) groups excluding carboxylic acids is 1. The minimum Gasteiger partial charge on any atom is -0.335 e. The van der Waals surface area contributed by atoms with E-state index in [1.807, 2.05) is 36.1 Å². The van der Waals surface area contributed by atoms with Crippen LogP contribution in [0.25, 0.3) is 0 Å². The van der Waals surface area contributed by atoms with Crippen LogP contribution in [0.3, 0.4) is 0 Å². The van der Waals surface area contributed by atoms with E-state index in [4.69, 9.17) is 11.6 Å². The molecule has 5 heteroatoms. The van der Waals surface area contributed by atoms with E-state index in [1.165, 1.54) is 0 Å². The molecule has 0 bridgehead atoms. The van der Waals surface area contributed by atoms with Gasteiger partial charge in [0.25, 0.3) is 0 Å². The van der Waals surface area contributed by atoms with Crippen molar-refractivity contribution in [2.75, 3.05) is 32.7 Å². The molecule has 0 spiro atoms. The predicted octanol–water partition coefficient (Wildman–Crippen LogP) is 2.62. The summed E-state index contributed by atoms with van der Waals surface area (Å²) in [6.07, 6.45) is 0.750. The van der Waals surface area contributed by atoms with Gasteiger partial charge in [-0.3, -0.25) is 0 Å². The van der Waals surface area contributed by atoms with Gasteiger partial charge in [0.05, 0.1) is 0 Å². The first-order valence-electron chi connectivity index (χ1n) is 7.61. The second-order valence-corrected chi connectivity index (χ2v) is 5.97. The van der Waals surface area contributed by atoms with Crippen molar-refractivity contribution in [3.05, 3.63) is 34.9 Å². The Kier molecular flexibility index (Phi) is 5.88. The number of rotatable bonds is 4. The fourth-order valence-corrected chi connectivity index (χ4v) is 2.83. The first-order chi connectivity index (χ1) is 10.1. The standard InChI is InChI=1S/C16H24ClN3O/c1-3-19-8-10-20(11-9-19)16(21)18-13(2)12-14-6-4-5-7-15(14)17/h4-7,13H,3,8-12H2,1-2H3,(H,18,21). The van der Waals surface area contributed by atoms with Crippen LogP contribution in [-0.4, -0.2) is 54.6 Å². The zero-order valence-corrected chi connectivity index (χ0v) is 13.6. The summed E-state index contributed by atoms with van der Waals surface area (Å²) in [5.74, 6) is 0. The maximum Gasteiger partial charge on any atom is 0.317 e. The molecule has 21 heavy (non-hydrogen) atoms. The molecule has 1 fully saturated rings. The maximum absolute atomic E-state index is 12.2. The Morgan fingerprint density at radius 3 is 2.57 bits per heavy atom. The Morgan fingerprint density at radius 2 is 1.95 bits per heavy atom. The first-order valence-corrected chi connectivity index (χ1v) is 7.99. The summed E-state index contributed by atoms with van der Waals surface area (Å²) < 4.78 is 0. The molecular weight excluding hydrogens is 286 g/mol. The molecule has 1 aliphatic rings. The molecule has 1 aromatic rings. The van der Waals surface area contributed by atoms with Crippen molar-refractivity contribution in [1.82, 2.24) is 15.1 Å². The fraction of sp³-hybridized carbons (Fsp3) is 0.562. The third-order valence-corrected chi connectivity index (χ3v) is 4.33. The molecule has 0 aromatic heterocycles. The smallest absolute Gasteiger partial charge is 0.317 e. The average molecular weight is 310 g/mol. The van der Waals surface area contributed by atoms with Gasteiger partial charge in [-0.1, -0.05) is 36.7 Å². The van der Waals surface area contributed by atoms with Crippen LogP contribution in [0.5, 0.6) is 0 Å². The van der Waals surface area contributed by atoms with E-state index in [9.17, 15) is 4.79 Å². The number of benzene rings is 1. The topological polar surface area (TPSA) is 35.6 Å². The Morgan fingerprint density at radius 1 is 1.29 bits per heavy atom. The maximum atomic E-state index is 12.2. The van der Waals surface area contributed by atoms with Crippen molar-refractivity contribution in [3.63, 3.8) is 0 Å². The van der Waals surface area contributed by atoms with Gasteiger partial charge >= 0.3 is 6.03 Å². The van der Waals surface area contributed by atoms with Crippen LogP contribution in [0.15, 0.2) is 24.3 Å². The van der Waals surface area contributed by atoms with Gasteiger partial charge in [0, 0.05) is 37.2 Å². The van der Waals surface area contributed by atoms with E-state index in [-0.39, 0.29) is 12.1 Å². The van der Waals surface area contributed by atoms with Gasteiger partial charge in [-0.15, -0.1) is 0 Å². The number of hydrogen-bond acceptors (Lipinski definition) is 2. The second-order valence-electron chi connectivity index (χ2n) is 5.57. The molecule has 1 aliphatic heterocycles. The number of amides is 2. The zero-order valence-electron chi connectivity index (χ0n) is 12.8. The minimum atomic E-state index is 0.0327. The summed E-state index contributed by atoms with van der Waals surface area (Å²) in [6, 6.07) is 7.88. The Hall–Kier alpha value is -1.26. The van der Waals surface area contributed by atoms with Crippen molar-refractivity contribution in [2.45, 2.75) is 26.3 Å². The number of nitrogens with one attached hydrogen (secondary N) is 1. The highest BCUT2D eigenvalue weighted by molar-refractivity contribution is 6.31. The van der Waals surface area contributed by atoms with Crippen LogP contribution >= 0.6 is 11.6 Å². The van der Waals surface area contributed by atoms with Gasteiger partial charge in [-0.2, -0.15) is 0 Å². The normalized spacial score (nSPS) is 17.6. The number of urea groups is 1. The Balaban J connectivity index is 1.81. The number of piperazine rings is 1. The lowest BCUT2D eigenvalue weighted by Gasteiger charge is -2.34. The largest absolute Gasteiger partial charge is 0.335 e. The second kappa shape index (κ2) is 7.66. The highest BCUT2D eigenvalue weighted by atomic mass is 35.5. The zero-order chi connectivity index (χ0) is 15.2. The summed E-state index contributed by atoms with van der Waals surface area (Å²) in [5.41, 5.74) is 1.07. The molecule has 0 aliphatic carbocycles. The van der Waals surface area contributed by atoms with Crippen LogP contribution in [0, 0.1) is 0 Å². The molecule has 1 aromatic carbocycles. The third kappa shape index (κ3) is 4.61. The molecule has 1 unspecified atom stereocenters. The van der Waals surface area contributed by atoms with Gasteiger partial charge in [0.2, 0.25) is 0 Å². The summed E-state index contributed by atoms with van der Waals surface area (Å²) in [4.78, 5) is 16.5. The van der Waals surface area contributed by atoms with Crippen LogP contribution in [-0.2, 0) is 6.42 Å². The van der Waals surface area contributed by atoms with Gasteiger partial charge in [0.1, 0.15) is 0 Å². The van der Waals surface area contributed by atoms with Gasteiger partial charge < -0.3 is 15.1 Å². The van der Waals surface area contributed by atoms with Crippen LogP contribution in [0.1, 0.15) is 19.4 Å². The molecule has 1 N–H and O–H groups in total. The van der Waals surface area contributed by atoms with Crippen LogP contribution in [0.2, 0.25) is 5.02 Å². The molecular formula is C16H24ClN3O. The number of carbonyl (C=O) groups is 1. The molecule has 1 atom stereocenters. The van der Waals surface area contributed by atoms with E-state index in [2.05, 4.69) is 17.1 Å². The lowest BCUT2D eigenvalue weighted by atomic mass is 10.1. The lowest BCUT2D eigenvalue weighted by molar-refractivity contribution is 0.141. The van der Waals surface area contributed by atoms with Crippen molar-refractivity contribution in [2.24, 2.45) is 0 Å². The summed E-state index contributed by atoms with van der Waals surface area (Å²) in [7, 11) is 0. The summed E-state index contributed by atoms with van der Waals surface area (Å²) >= 11 is 6.16. The van der Waals surface area contributed by atoms with Crippen molar-refractivity contribution in [3.8, 4) is 0 Å². The summed E-state index contributed by atoms with van der Waals surface area (Å²) in [5, 5.41) is 3.83. The van der Waals surface area contributed by atoms with E-state index in [0.717, 1.165) is 49.7 Å². The van der Waals surface area contributed by atoms with Crippen molar-refractivity contribution in [1.29, 1.82) is 0 Å². The molecule has 1 heterocycles. The van der Waals surface area contributed by atoms with Crippen molar-refractivity contribution >= 4 is 17.6 Å². The van der Waals surface area contributed by atoms with Crippen LogP contribution < -0.4 is 5.32 Å². The Bertz CT molecular complexity index is 472. The molecule has 2 rings (SSSR count). The number of likely N-dealkylation sites (N-methyl/N-ethyl adjacent to an activating group) is 1. The molecule has 0 saturated carbocycles. The SMILES string of the molecule is CCN1CCN(C(=O)NC(C)Cc2ccccc2Cl)CC1. The first kappa shape index (κ1) is 16.1. The number of nitrogens with zero attached hydrogens (tertiary/aromatic N) is 2. The molecule has 4 nitrogen and oxygen atoms in total. The van der Waals surface area contributed by atoms with E-state index in [1.54, 1.807) is 0 Å². The molecule has 1 saturated heterocycles.